The van der Waals surface area contributed by atoms with Crippen molar-refractivity contribution in [2.45, 2.75) is 44.2 Å². The van der Waals surface area contributed by atoms with E-state index >= 15 is 0 Å². The highest BCUT2D eigenvalue weighted by Gasteiger charge is 2.34. The minimum Gasteiger partial charge on any atom is -0.465 e. The van der Waals surface area contributed by atoms with E-state index in [1.165, 1.54) is 18.4 Å². The second-order valence-corrected chi connectivity index (χ2v) is 9.39. The van der Waals surface area contributed by atoms with Crippen molar-refractivity contribution in [3.63, 3.8) is 0 Å². The Bertz CT molecular complexity index is 1110. The van der Waals surface area contributed by atoms with E-state index in [0.29, 0.717) is 11.3 Å². The average Bonchev–Trinajstić information content (AvgIpc) is 3.57. The van der Waals surface area contributed by atoms with E-state index in [2.05, 4.69) is 5.32 Å². The molecule has 1 heterocycles. The fraction of sp³-hybridized carbons (Fsp3) is 0.296. The molecule has 0 radical (unpaired) electrons. The predicted molar refractivity (Wildman–Crippen MR) is 133 cm³/mol. The number of anilines is 1. The zero-order chi connectivity index (χ0) is 23.9. The number of rotatable bonds is 8. The van der Waals surface area contributed by atoms with Gasteiger partial charge in [0.1, 0.15) is 6.04 Å². The first kappa shape index (κ1) is 23.7. The molecule has 1 saturated carbocycles. The van der Waals surface area contributed by atoms with Crippen LogP contribution >= 0.6 is 11.3 Å². The van der Waals surface area contributed by atoms with Gasteiger partial charge in [-0.15, -0.1) is 11.3 Å². The van der Waals surface area contributed by atoms with Crippen molar-refractivity contribution in [1.82, 2.24) is 5.32 Å². The molecule has 0 bridgehead atoms. The molecule has 3 aromatic rings. The molecule has 1 fully saturated rings. The molecule has 2 aromatic carbocycles. The number of nitrogens with one attached hydrogen (secondary N) is 1. The molecule has 7 heteroatoms. The molecular formula is C27H28N2O4S. The molecule has 4 rings (SSSR count). The lowest BCUT2D eigenvalue weighted by atomic mass is 10.0. The smallest absolute Gasteiger partial charge is 0.337 e. The van der Waals surface area contributed by atoms with E-state index in [0.717, 1.165) is 36.1 Å². The number of methoxy groups -OCH3 is 1. The number of amides is 2. The van der Waals surface area contributed by atoms with Crippen LogP contribution in [-0.4, -0.2) is 30.9 Å². The number of carbonyl (C=O) groups is 3. The minimum atomic E-state index is -0.835. The predicted octanol–water partition coefficient (Wildman–Crippen LogP) is 4.91. The fourth-order valence-corrected chi connectivity index (χ4v) is 5.06. The molecule has 1 unspecified atom stereocenters. The number of ether oxygens (including phenoxy) is 1. The summed E-state index contributed by atoms with van der Waals surface area (Å²) < 4.78 is 4.80. The molecule has 1 aliphatic carbocycles. The van der Waals surface area contributed by atoms with Crippen LogP contribution in [0.1, 0.15) is 52.5 Å². The van der Waals surface area contributed by atoms with Crippen molar-refractivity contribution in [1.29, 1.82) is 0 Å². The third-order valence-corrected chi connectivity index (χ3v) is 6.94. The highest BCUT2D eigenvalue weighted by atomic mass is 32.1. The van der Waals surface area contributed by atoms with Gasteiger partial charge in [-0.3, -0.25) is 14.5 Å². The summed E-state index contributed by atoms with van der Waals surface area (Å²) in [5, 5.41) is 5.11. The third-order valence-electron chi connectivity index (χ3n) is 6.06. The van der Waals surface area contributed by atoms with Gasteiger partial charge in [-0.25, -0.2) is 4.79 Å². The molecule has 1 aromatic heterocycles. The Balaban J connectivity index is 1.74. The van der Waals surface area contributed by atoms with Crippen molar-refractivity contribution in [3.05, 3.63) is 88.1 Å². The summed E-state index contributed by atoms with van der Waals surface area (Å²) in [5.41, 5.74) is 1.66. The van der Waals surface area contributed by atoms with Crippen LogP contribution in [0.25, 0.3) is 0 Å². The Hall–Kier alpha value is -3.45. The molecule has 1 N–H and O–H groups in total. The molecule has 2 amide bonds. The summed E-state index contributed by atoms with van der Waals surface area (Å²) in [6.45, 7) is 0. The molecule has 1 atom stereocenters. The normalized spacial score (nSPS) is 14.4. The van der Waals surface area contributed by atoms with Gasteiger partial charge >= 0.3 is 5.97 Å². The maximum Gasteiger partial charge on any atom is 0.337 e. The number of hydrogen-bond donors (Lipinski definition) is 1. The third kappa shape index (κ3) is 5.54. The Labute approximate surface area is 203 Å². The maximum absolute atomic E-state index is 13.7. The molecule has 34 heavy (non-hydrogen) atoms. The van der Waals surface area contributed by atoms with Crippen LogP contribution in [-0.2, 0) is 20.7 Å². The number of esters is 1. The van der Waals surface area contributed by atoms with E-state index in [9.17, 15) is 14.4 Å². The Kier molecular flexibility index (Phi) is 7.75. The highest BCUT2D eigenvalue weighted by Crippen LogP contribution is 2.30. The summed E-state index contributed by atoms with van der Waals surface area (Å²) in [4.78, 5) is 41.8. The van der Waals surface area contributed by atoms with Gasteiger partial charge in [0, 0.05) is 16.6 Å². The van der Waals surface area contributed by atoms with E-state index in [4.69, 9.17) is 4.74 Å². The molecule has 1 aliphatic rings. The van der Waals surface area contributed by atoms with E-state index < -0.39 is 12.0 Å². The van der Waals surface area contributed by atoms with Gasteiger partial charge in [-0.1, -0.05) is 49.2 Å². The Morgan fingerprint density at radius 2 is 1.71 bits per heavy atom. The molecule has 6 nitrogen and oxygen atoms in total. The topological polar surface area (TPSA) is 75.7 Å². The first-order chi connectivity index (χ1) is 16.6. The number of carbonyl (C=O) groups excluding carboxylic acids is 3. The van der Waals surface area contributed by atoms with Gasteiger partial charge in [-0.05, 0) is 54.1 Å². The summed E-state index contributed by atoms with van der Waals surface area (Å²) in [7, 11) is 1.33. The van der Waals surface area contributed by atoms with Crippen LogP contribution in [0.5, 0.6) is 0 Å². The van der Waals surface area contributed by atoms with Gasteiger partial charge in [0.25, 0.3) is 0 Å². The molecule has 176 valence electrons. The van der Waals surface area contributed by atoms with Crippen molar-refractivity contribution in [3.8, 4) is 0 Å². The maximum atomic E-state index is 13.7. The summed E-state index contributed by atoms with van der Waals surface area (Å²) in [6, 6.07) is 19.1. The van der Waals surface area contributed by atoms with Crippen LogP contribution in [0, 0.1) is 0 Å². The van der Waals surface area contributed by atoms with Gasteiger partial charge in [0.15, 0.2) is 0 Å². The van der Waals surface area contributed by atoms with Crippen molar-refractivity contribution < 1.29 is 19.1 Å². The number of benzene rings is 2. The zero-order valence-electron chi connectivity index (χ0n) is 19.1. The van der Waals surface area contributed by atoms with Gasteiger partial charge in [0.2, 0.25) is 11.8 Å². The van der Waals surface area contributed by atoms with Crippen LogP contribution < -0.4 is 10.2 Å². The second kappa shape index (κ2) is 11.1. The number of thiophene rings is 1. The first-order valence-electron chi connectivity index (χ1n) is 11.4. The largest absolute Gasteiger partial charge is 0.465 e. The van der Waals surface area contributed by atoms with Crippen LogP contribution in [0.15, 0.2) is 72.1 Å². The van der Waals surface area contributed by atoms with Gasteiger partial charge in [0.05, 0.1) is 19.1 Å². The number of nitrogens with zero attached hydrogens (tertiary/aromatic N) is 1. The highest BCUT2D eigenvalue weighted by molar-refractivity contribution is 7.10. The monoisotopic (exact) mass is 476 g/mol. The second-order valence-electron chi connectivity index (χ2n) is 8.36. The minimum absolute atomic E-state index is 0.120. The molecular weight excluding hydrogens is 448 g/mol. The summed E-state index contributed by atoms with van der Waals surface area (Å²) >= 11 is 1.51. The van der Waals surface area contributed by atoms with Crippen LogP contribution in [0.2, 0.25) is 0 Å². The first-order valence-corrected chi connectivity index (χ1v) is 12.3. The SMILES string of the molecule is COC(=O)c1ccc(N(C(=O)Cc2cccs2)C(C(=O)NC2CCCC2)c2ccccc2)cc1. The van der Waals surface area contributed by atoms with E-state index in [1.807, 2.05) is 47.8 Å². The summed E-state index contributed by atoms with van der Waals surface area (Å²) in [5.74, 6) is -0.847. The lowest BCUT2D eigenvalue weighted by Crippen LogP contribution is -2.46. The zero-order valence-corrected chi connectivity index (χ0v) is 19.9. The Morgan fingerprint density at radius 1 is 1.00 bits per heavy atom. The average molecular weight is 477 g/mol. The van der Waals surface area contributed by atoms with E-state index in [1.54, 1.807) is 29.2 Å². The molecule has 0 saturated heterocycles. The lowest BCUT2D eigenvalue weighted by molar-refractivity contribution is -0.127. The summed E-state index contributed by atoms with van der Waals surface area (Å²) in [6.07, 6.45) is 4.26. The van der Waals surface area contributed by atoms with Crippen molar-refractivity contribution >= 4 is 34.8 Å². The number of hydrogen-bond acceptors (Lipinski definition) is 5. The van der Waals surface area contributed by atoms with Crippen LogP contribution in [0.3, 0.4) is 0 Å². The molecule has 0 spiro atoms. The Morgan fingerprint density at radius 3 is 2.32 bits per heavy atom. The van der Waals surface area contributed by atoms with Gasteiger partial charge < -0.3 is 10.1 Å². The van der Waals surface area contributed by atoms with Gasteiger partial charge in [-0.2, -0.15) is 0 Å². The van der Waals surface area contributed by atoms with Crippen LogP contribution in [0.4, 0.5) is 5.69 Å². The molecule has 0 aliphatic heterocycles. The lowest BCUT2D eigenvalue weighted by Gasteiger charge is -2.32. The van der Waals surface area contributed by atoms with Crippen molar-refractivity contribution in [2.24, 2.45) is 0 Å². The van der Waals surface area contributed by atoms with Crippen molar-refractivity contribution in [2.75, 3.05) is 12.0 Å². The fourth-order valence-electron chi connectivity index (χ4n) is 4.36. The quantitative estimate of drug-likeness (QED) is 0.469. The standard InChI is InChI=1S/C27H28N2O4S/c1-33-27(32)20-13-15-22(16-14-20)29(24(30)18-23-12-7-17-34-23)25(19-8-3-2-4-9-19)26(31)28-21-10-5-6-11-21/h2-4,7-9,12-17,21,25H,5-6,10-11,18H2,1H3,(H,28,31). The van der Waals surface area contributed by atoms with E-state index in [-0.39, 0.29) is 24.3 Å².